The van der Waals surface area contributed by atoms with Gasteiger partial charge in [0.1, 0.15) is 6.04 Å². The van der Waals surface area contributed by atoms with E-state index in [1.807, 2.05) is 10.7 Å². The third-order valence-corrected chi connectivity index (χ3v) is 8.95. The predicted molar refractivity (Wildman–Crippen MR) is 149 cm³/mol. The van der Waals surface area contributed by atoms with Crippen LogP contribution in [0.4, 0.5) is 0 Å². The standard InChI is InChI=1S/C29H36N6O2S/c1-2-20-12-13-26-21(16-20)17-25(29(36)30-26)27(28-31-32-33-35(28)22-8-4-3-5-9-22)34(18-23-10-6-14-37-23)19-24-11-7-15-38-24/h7,11-13,15-17,22-23,27H,2-6,8-10,14,18-19H2,1H3,(H,30,36)/t23-,27+/m1/s1. The van der Waals surface area contributed by atoms with Gasteiger partial charge in [0.15, 0.2) is 5.82 Å². The lowest BCUT2D eigenvalue weighted by Gasteiger charge is -2.33. The molecule has 1 saturated heterocycles. The van der Waals surface area contributed by atoms with E-state index in [0.717, 1.165) is 55.4 Å². The van der Waals surface area contributed by atoms with Crippen LogP contribution in [0.25, 0.3) is 10.9 Å². The van der Waals surface area contributed by atoms with Gasteiger partial charge in [-0.1, -0.05) is 38.3 Å². The first-order valence-corrected chi connectivity index (χ1v) is 14.9. The average Bonchev–Trinajstić information content (AvgIpc) is 3.73. The maximum atomic E-state index is 13.8. The van der Waals surface area contributed by atoms with Gasteiger partial charge in [-0.3, -0.25) is 9.69 Å². The molecule has 2 atom stereocenters. The number of fused-ring (bicyclic) bond motifs is 1. The van der Waals surface area contributed by atoms with E-state index in [0.29, 0.717) is 18.7 Å². The summed E-state index contributed by atoms with van der Waals surface area (Å²) in [6.45, 7) is 4.36. The fourth-order valence-corrected chi connectivity index (χ4v) is 6.80. The van der Waals surface area contributed by atoms with E-state index in [9.17, 15) is 4.79 Å². The Kier molecular flexibility index (Phi) is 7.67. The number of benzene rings is 1. The molecule has 38 heavy (non-hydrogen) atoms. The topological polar surface area (TPSA) is 88.9 Å². The minimum atomic E-state index is -0.392. The molecule has 3 aromatic heterocycles. The van der Waals surface area contributed by atoms with Gasteiger partial charge in [-0.05, 0) is 83.1 Å². The zero-order chi connectivity index (χ0) is 25.9. The van der Waals surface area contributed by atoms with Crippen molar-refractivity contribution in [3.05, 3.63) is 74.0 Å². The number of nitrogens with zero attached hydrogens (tertiary/aromatic N) is 5. The van der Waals surface area contributed by atoms with E-state index < -0.39 is 6.04 Å². The molecule has 200 valence electrons. The number of hydrogen-bond donors (Lipinski definition) is 1. The molecule has 0 spiro atoms. The molecule has 1 aliphatic heterocycles. The molecule has 1 aliphatic carbocycles. The van der Waals surface area contributed by atoms with E-state index in [4.69, 9.17) is 4.74 Å². The van der Waals surface area contributed by atoms with E-state index in [2.05, 4.69) is 68.0 Å². The first-order chi connectivity index (χ1) is 18.7. The molecule has 6 rings (SSSR count). The second-order valence-electron chi connectivity index (χ2n) is 10.6. The zero-order valence-corrected chi connectivity index (χ0v) is 22.8. The van der Waals surface area contributed by atoms with Crippen LogP contribution < -0.4 is 5.56 Å². The number of aromatic nitrogens is 5. The Bertz CT molecular complexity index is 1400. The summed E-state index contributed by atoms with van der Waals surface area (Å²) in [4.78, 5) is 20.6. The lowest BCUT2D eigenvalue weighted by atomic mass is 9.95. The molecule has 0 bridgehead atoms. The van der Waals surface area contributed by atoms with Crippen LogP contribution in [0.5, 0.6) is 0 Å². The lowest BCUT2D eigenvalue weighted by molar-refractivity contribution is 0.0571. The van der Waals surface area contributed by atoms with Crippen molar-refractivity contribution in [3.63, 3.8) is 0 Å². The largest absolute Gasteiger partial charge is 0.377 e. The van der Waals surface area contributed by atoms with Crippen molar-refractivity contribution < 1.29 is 4.74 Å². The van der Waals surface area contributed by atoms with Crippen LogP contribution in [0.1, 0.15) is 85.8 Å². The van der Waals surface area contributed by atoms with Gasteiger partial charge in [-0.2, -0.15) is 0 Å². The van der Waals surface area contributed by atoms with Gasteiger partial charge >= 0.3 is 0 Å². The third kappa shape index (κ3) is 5.32. The number of pyridine rings is 1. The Labute approximate surface area is 227 Å². The number of tetrazole rings is 1. The Morgan fingerprint density at radius 3 is 2.82 bits per heavy atom. The third-order valence-electron chi connectivity index (χ3n) is 8.09. The van der Waals surface area contributed by atoms with Gasteiger partial charge in [0.2, 0.25) is 0 Å². The minimum absolute atomic E-state index is 0.0894. The summed E-state index contributed by atoms with van der Waals surface area (Å²) in [5, 5.41) is 16.4. The van der Waals surface area contributed by atoms with Gasteiger partial charge in [0, 0.05) is 35.7 Å². The monoisotopic (exact) mass is 532 g/mol. The maximum absolute atomic E-state index is 13.8. The van der Waals surface area contributed by atoms with Gasteiger partial charge in [-0.25, -0.2) is 4.68 Å². The summed E-state index contributed by atoms with van der Waals surface area (Å²) < 4.78 is 8.12. The van der Waals surface area contributed by atoms with Crippen molar-refractivity contribution >= 4 is 22.2 Å². The molecule has 4 aromatic rings. The molecule has 8 nitrogen and oxygen atoms in total. The number of thiophene rings is 1. The molecule has 0 unspecified atom stereocenters. The summed E-state index contributed by atoms with van der Waals surface area (Å²) in [7, 11) is 0. The Balaban J connectivity index is 1.50. The summed E-state index contributed by atoms with van der Waals surface area (Å²) in [5.41, 5.74) is 2.69. The maximum Gasteiger partial charge on any atom is 0.253 e. The number of hydrogen-bond acceptors (Lipinski definition) is 7. The fraction of sp³-hybridized carbons (Fsp3) is 0.517. The summed E-state index contributed by atoms with van der Waals surface area (Å²) in [5.74, 6) is 0.753. The highest BCUT2D eigenvalue weighted by molar-refractivity contribution is 7.09. The normalized spacial score (nSPS) is 19.5. The number of nitrogens with one attached hydrogen (secondary N) is 1. The van der Waals surface area contributed by atoms with Crippen molar-refractivity contribution in [2.45, 2.75) is 83.0 Å². The average molecular weight is 533 g/mol. The smallest absolute Gasteiger partial charge is 0.253 e. The number of aromatic amines is 1. The number of rotatable bonds is 9. The summed E-state index contributed by atoms with van der Waals surface area (Å²) in [6, 6.07) is 12.4. The number of aryl methyl sites for hydroxylation is 1. The molecule has 1 aromatic carbocycles. The predicted octanol–water partition coefficient (Wildman–Crippen LogP) is 5.41. The zero-order valence-electron chi connectivity index (χ0n) is 22.0. The molecule has 0 radical (unpaired) electrons. The van der Waals surface area contributed by atoms with Gasteiger partial charge in [0.05, 0.1) is 12.1 Å². The summed E-state index contributed by atoms with van der Waals surface area (Å²) in [6.07, 6.45) is 8.91. The molecule has 2 fully saturated rings. The second-order valence-corrected chi connectivity index (χ2v) is 11.7. The molecule has 4 heterocycles. The van der Waals surface area contributed by atoms with E-state index in [1.54, 1.807) is 11.3 Å². The van der Waals surface area contributed by atoms with Gasteiger partial charge < -0.3 is 9.72 Å². The molecule has 1 N–H and O–H groups in total. The number of H-pyrrole nitrogens is 1. The van der Waals surface area contributed by atoms with Crippen LogP contribution in [0.15, 0.2) is 46.6 Å². The Morgan fingerprint density at radius 1 is 1.16 bits per heavy atom. The van der Waals surface area contributed by atoms with Gasteiger partial charge in [0.25, 0.3) is 5.56 Å². The quantitative estimate of drug-likeness (QED) is 0.310. The molecular formula is C29H36N6O2S. The first-order valence-electron chi connectivity index (χ1n) is 14.0. The highest BCUT2D eigenvalue weighted by Gasteiger charge is 2.35. The van der Waals surface area contributed by atoms with Gasteiger partial charge in [-0.15, -0.1) is 16.4 Å². The first kappa shape index (κ1) is 25.4. The van der Waals surface area contributed by atoms with Crippen molar-refractivity contribution in [1.82, 2.24) is 30.1 Å². The fourth-order valence-electron chi connectivity index (χ4n) is 6.08. The Morgan fingerprint density at radius 2 is 2.05 bits per heavy atom. The molecular weight excluding hydrogens is 496 g/mol. The van der Waals surface area contributed by atoms with Crippen molar-refractivity contribution in [1.29, 1.82) is 0 Å². The van der Waals surface area contributed by atoms with Crippen LogP contribution in [-0.4, -0.2) is 49.3 Å². The van der Waals surface area contributed by atoms with E-state index >= 15 is 0 Å². The van der Waals surface area contributed by atoms with Crippen LogP contribution in [0, 0.1) is 0 Å². The Hall–Kier alpha value is -2.88. The summed E-state index contributed by atoms with van der Waals surface area (Å²) >= 11 is 1.74. The van der Waals surface area contributed by atoms with E-state index in [-0.39, 0.29) is 17.7 Å². The van der Waals surface area contributed by atoms with Crippen LogP contribution >= 0.6 is 11.3 Å². The van der Waals surface area contributed by atoms with E-state index in [1.165, 1.54) is 29.7 Å². The van der Waals surface area contributed by atoms with Crippen molar-refractivity contribution in [2.75, 3.05) is 13.2 Å². The molecule has 9 heteroatoms. The number of ether oxygens (including phenoxy) is 1. The van der Waals surface area contributed by atoms with Crippen LogP contribution in [-0.2, 0) is 17.7 Å². The van der Waals surface area contributed by atoms with Crippen molar-refractivity contribution in [3.8, 4) is 0 Å². The van der Waals surface area contributed by atoms with Crippen LogP contribution in [0.3, 0.4) is 0 Å². The highest BCUT2D eigenvalue weighted by atomic mass is 32.1. The van der Waals surface area contributed by atoms with Crippen LogP contribution in [0.2, 0.25) is 0 Å². The minimum Gasteiger partial charge on any atom is -0.377 e. The lowest BCUT2D eigenvalue weighted by Crippen LogP contribution is -2.39. The van der Waals surface area contributed by atoms with Crippen molar-refractivity contribution in [2.24, 2.45) is 0 Å². The highest BCUT2D eigenvalue weighted by Crippen LogP contribution is 2.35. The second kappa shape index (κ2) is 11.5. The molecule has 2 aliphatic rings. The molecule has 0 amide bonds. The SMILES string of the molecule is CCc1ccc2[nH]c(=O)c([C@@H](c3nnnn3C3CCCCC3)N(Cc3cccs3)C[C@H]3CCCO3)cc2c1. The molecule has 1 saturated carbocycles.